The molecule has 0 bridgehead atoms. The average molecular weight is 433 g/mol. The topological polar surface area (TPSA) is 49.9 Å². The number of rotatable bonds is 5. The molecule has 1 fully saturated rings. The minimum absolute atomic E-state index is 0.0680. The molecule has 2 aliphatic heterocycles. The Morgan fingerprint density at radius 1 is 0.938 bits per heavy atom. The molecule has 4 rings (SSSR count). The smallest absolute Gasteiger partial charge is 0.282 e. The van der Waals surface area contributed by atoms with E-state index in [1.165, 1.54) is 4.90 Å². The van der Waals surface area contributed by atoms with Crippen molar-refractivity contribution in [2.24, 2.45) is 11.8 Å². The lowest BCUT2D eigenvalue weighted by atomic mass is 9.91. The van der Waals surface area contributed by atoms with Crippen molar-refractivity contribution < 1.29 is 14.3 Å². The number of aryl methyl sites for hydroxylation is 1. The number of hydrogen-bond donors (Lipinski definition) is 0. The van der Waals surface area contributed by atoms with E-state index in [0.717, 1.165) is 36.4 Å². The van der Waals surface area contributed by atoms with Crippen LogP contribution in [0, 0.1) is 18.8 Å². The lowest BCUT2D eigenvalue weighted by Gasteiger charge is -2.37. The van der Waals surface area contributed by atoms with Crippen LogP contribution in [-0.2, 0) is 9.59 Å². The fraction of sp³-hybridized carbons (Fsp3) is 0.407. The summed E-state index contributed by atoms with van der Waals surface area (Å²) in [6.07, 6.45) is 1.20. The van der Waals surface area contributed by atoms with Crippen molar-refractivity contribution in [1.29, 1.82) is 0 Å². The van der Waals surface area contributed by atoms with Gasteiger partial charge in [0.25, 0.3) is 11.8 Å². The van der Waals surface area contributed by atoms with Gasteiger partial charge >= 0.3 is 0 Å². The third kappa shape index (κ3) is 4.29. The zero-order valence-electron chi connectivity index (χ0n) is 19.6. The number of carbonyl (C=O) groups excluding carboxylic acids is 2. The van der Waals surface area contributed by atoms with E-state index in [-0.39, 0.29) is 17.9 Å². The minimum Gasteiger partial charge on any atom is -0.491 e. The van der Waals surface area contributed by atoms with Crippen LogP contribution in [0.25, 0.3) is 5.57 Å². The third-order valence-electron chi connectivity index (χ3n) is 6.02. The zero-order chi connectivity index (χ0) is 23.0. The summed E-state index contributed by atoms with van der Waals surface area (Å²) in [6.45, 7) is 11.9. The van der Waals surface area contributed by atoms with Crippen LogP contribution in [0.3, 0.4) is 0 Å². The first-order valence-electron chi connectivity index (χ1n) is 11.5. The third-order valence-corrected chi connectivity index (χ3v) is 6.02. The van der Waals surface area contributed by atoms with Crippen molar-refractivity contribution in [2.75, 3.05) is 18.0 Å². The molecule has 0 N–H and O–H groups in total. The summed E-state index contributed by atoms with van der Waals surface area (Å²) < 4.78 is 5.77. The van der Waals surface area contributed by atoms with E-state index in [2.05, 4.69) is 18.7 Å². The van der Waals surface area contributed by atoms with Crippen molar-refractivity contribution in [2.45, 2.75) is 47.1 Å². The summed E-state index contributed by atoms with van der Waals surface area (Å²) in [5.74, 6) is 1.17. The summed E-state index contributed by atoms with van der Waals surface area (Å²) >= 11 is 0. The maximum absolute atomic E-state index is 13.7. The normalized spacial score (nSPS) is 21.7. The summed E-state index contributed by atoms with van der Waals surface area (Å²) in [4.78, 5) is 30.9. The molecule has 0 saturated carbocycles. The number of ether oxygens (including phenoxy) is 1. The van der Waals surface area contributed by atoms with Gasteiger partial charge in [-0.1, -0.05) is 38.1 Å². The predicted octanol–water partition coefficient (Wildman–Crippen LogP) is 5.04. The van der Waals surface area contributed by atoms with Gasteiger partial charge in [0, 0.05) is 13.1 Å². The van der Waals surface area contributed by atoms with Crippen LogP contribution < -0.4 is 9.64 Å². The Bertz CT molecular complexity index is 1040. The second-order valence-corrected chi connectivity index (χ2v) is 9.55. The van der Waals surface area contributed by atoms with E-state index < -0.39 is 0 Å². The summed E-state index contributed by atoms with van der Waals surface area (Å²) in [5, 5.41) is 0. The first kappa shape index (κ1) is 22.1. The number of benzene rings is 2. The van der Waals surface area contributed by atoms with Crippen molar-refractivity contribution in [3.63, 3.8) is 0 Å². The molecule has 2 aliphatic rings. The number of anilines is 1. The molecule has 2 atom stereocenters. The Morgan fingerprint density at radius 2 is 1.59 bits per heavy atom. The lowest BCUT2D eigenvalue weighted by molar-refractivity contribution is -0.120. The largest absolute Gasteiger partial charge is 0.491 e. The molecule has 0 aromatic heterocycles. The van der Waals surface area contributed by atoms with Crippen LogP contribution in [0.4, 0.5) is 5.69 Å². The fourth-order valence-corrected chi connectivity index (χ4v) is 4.89. The number of nitrogens with zero attached hydrogens (tertiary/aromatic N) is 2. The Morgan fingerprint density at radius 3 is 2.19 bits per heavy atom. The summed E-state index contributed by atoms with van der Waals surface area (Å²) in [6, 6.07) is 15.1. The van der Waals surface area contributed by atoms with Gasteiger partial charge in [-0.25, -0.2) is 4.90 Å². The Hall–Kier alpha value is -3.08. The van der Waals surface area contributed by atoms with Gasteiger partial charge in [-0.3, -0.25) is 9.59 Å². The molecular formula is C27H32N2O3. The van der Waals surface area contributed by atoms with Crippen LogP contribution in [-0.4, -0.2) is 35.9 Å². The highest BCUT2D eigenvalue weighted by Crippen LogP contribution is 2.37. The number of likely N-dealkylation sites (tertiary alicyclic amines) is 1. The zero-order valence-corrected chi connectivity index (χ0v) is 19.6. The standard InChI is InChI=1S/C27H32N2O3/c1-17(2)32-23-11-9-21(10-12-23)24-25(28-15-19(4)13-20(5)16-28)27(31)29(26(24)30)22-8-6-7-18(3)14-22/h6-12,14,17,19-20H,13,15-16H2,1-5H3. The second kappa shape index (κ2) is 8.81. The van der Waals surface area contributed by atoms with Gasteiger partial charge in [0.05, 0.1) is 17.4 Å². The molecular weight excluding hydrogens is 400 g/mol. The predicted molar refractivity (Wildman–Crippen MR) is 127 cm³/mol. The van der Waals surface area contributed by atoms with Gasteiger partial charge in [-0.05, 0) is 74.4 Å². The quantitative estimate of drug-likeness (QED) is 0.621. The molecule has 2 unspecified atom stereocenters. The second-order valence-electron chi connectivity index (χ2n) is 9.55. The molecule has 0 radical (unpaired) electrons. The Labute approximate surface area is 190 Å². The first-order chi connectivity index (χ1) is 15.2. The Kier molecular flexibility index (Phi) is 6.09. The molecule has 168 valence electrons. The number of piperidine rings is 1. The SMILES string of the molecule is Cc1cccc(N2C(=O)C(c3ccc(OC(C)C)cc3)=C(N3CC(C)CC(C)C3)C2=O)c1. The van der Waals surface area contributed by atoms with E-state index in [1.54, 1.807) is 0 Å². The average Bonchev–Trinajstić information content (AvgIpc) is 2.97. The summed E-state index contributed by atoms with van der Waals surface area (Å²) in [5.41, 5.74) is 3.37. The first-order valence-corrected chi connectivity index (χ1v) is 11.5. The molecule has 0 aliphatic carbocycles. The molecule has 2 heterocycles. The molecule has 5 nitrogen and oxygen atoms in total. The summed E-state index contributed by atoms with van der Waals surface area (Å²) in [7, 11) is 0. The fourth-order valence-electron chi connectivity index (χ4n) is 4.89. The van der Waals surface area contributed by atoms with Gasteiger partial charge in [0.15, 0.2) is 0 Å². The van der Waals surface area contributed by atoms with Gasteiger partial charge in [-0.15, -0.1) is 0 Å². The lowest BCUT2D eigenvalue weighted by Crippen LogP contribution is -2.42. The van der Waals surface area contributed by atoms with Crippen molar-refractivity contribution in [3.8, 4) is 5.75 Å². The van der Waals surface area contributed by atoms with Crippen LogP contribution in [0.2, 0.25) is 0 Å². The van der Waals surface area contributed by atoms with Crippen molar-refractivity contribution in [3.05, 3.63) is 65.4 Å². The van der Waals surface area contributed by atoms with E-state index >= 15 is 0 Å². The molecule has 0 spiro atoms. The molecule has 5 heteroatoms. The van der Waals surface area contributed by atoms with Crippen molar-refractivity contribution in [1.82, 2.24) is 4.90 Å². The maximum atomic E-state index is 13.7. The van der Waals surface area contributed by atoms with E-state index in [1.807, 2.05) is 69.3 Å². The van der Waals surface area contributed by atoms with E-state index in [9.17, 15) is 9.59 Å². The molecule has 2 aromatic rings. The molecule has 32 heavy (non-hydrogen) atoms. The highest BCUT2D eigenvalue weighted by molar-refractivity contribution is 6.45. The molecule has 2 amide bonds. The molecule has 2 aromatic carbocycles. The van der Waals surface area contributed by atoms with Crippen LogP contribution >= 0.6 is 0 Å². The number of carbonyl (C=O) groups is 2. The number of amides is 2. The Balaban J connectivity index is 1.79. The van der Waals surface area contributed by atoms with Crippen molar-refractivity contribution >= 4 is 23.1 Å². The van der Waals surface area contributed by atoms with Gasteiger partial charge < -0.3 is 9.64 Å². The van der Waals surface area contributed by atoms with E-state index in [0.29, 0.717) is 28.8 Å². The van der Waals surface area contributed by atoms with Crippen LogP contribution in [0.5, 0.6) is 5.75 Å². The maximum Gasteiger partial charge on any atom is 0.282 e. The highest BCUT2D eigenvalue weighted by atomic mass is 16.5. The monoisotopic (exact) mass is 432 g/mol. The van der Waals surface area contributed by atoms with E-state index in [4.69, 9.17) is 4.74 Å². The molecule has 1 saturated heterocycles. The van der Waals surface area contributed by atoms with Gasteiger partial charge in [-0.2, -0.15) is 0 Å². The minimum atomic E-state index is -0.265. The van der Waals surface area contributed by atoms with Crippen LogP contribution in [0.1, 0.15) is 45.2 Å². The number of hydrogen-bond acceptors (Lipinski definition) is 4. The van der Waals surface area contributed by atoms with Gasteiger partial charge in [0.1, 0.15) is 11.4 Å². The van der Waals surface area contributed by atoms with Crippen LogP contribution in [0.15, 0.2) is 54.2 Å². The number of imide groups is 1. The highest BCUT2D eigenvalue weighted by Gasteiger charge is 2.43. The van der Waals surface area contributed by atoms with Gasteiger partial charge in [0.2, 0.25) is 0 Å².